The number of aliphatic hydroxyl groups excluding tert-OH is 2. The Bertz CT molecular complexity index is 104. The Kier molecular flexibility index (Phi) is 4.62. The van der Waals surface area contributed by atoms with Crippen molar-refractivity contribution in [1.82, 2.24) is 0 Å². The predicted molar refractivity (Wildman–Crippen MR) is 48.9 cm³/mol. The molecule has 0 amide bonds. The van der Waals surface area contributed by atoms with E-state index in [0.717, 1.165) is 12.3 Å². The fourth-order valence-corrected chi connectivity index (χ4v) is 2.10. The van der Waals surface area contributed by atoms with E-state index in [2.05, 4.69) is 0 Å². The molecule has 0 saturated heterocycles. The molecule has 0 atom stereocenters. The summed E-state index contributed by atoms with van der Waals surface area (Å²) in [6.45, 7) is 0.292. The second-order valence-electron chi connectivity index (χ2n) is 3.97. The standard InChI is InChI=1S/C10H20O2/c11-7-10(8-12)6-9-4-2-1-3-5-9/h9-12H,1-8H2. The second kappa shape index (κ2) is 5.55. The minimum absolute atomic E-state index is 0.132. The van der Waals surface area contributed by atoms with Crippen molar-refractivity contribution in [1.29, 1.82) is 0 Å². The van der Waals surface area contributed by atoms with Gasteiger partial charge in [0, 0.05) is 19.1 Å². The first-order chi connectivity index (χ1) is 5.86. The average molecular weight is 172 g/mol. The molecule has 0 aromatic carbocycles. The van der Waals surface area contributed by atoms with Crippen molar-refractivity contribution in [3.63, 3.8) is 0 Å². The highest BCUT2D eigenvalue weighted by molar-refractivity contribution is 4.69. The van der Waals surface area contributed by atoms with E-state index in [9.17, 15) is 0 Å². The molecule has 1 rings (SSSR count). The van der Waals surface area contributed by atoms with Crippen molar-refractivity contribution < 1.29 is 10.2 Å². The third-order valence-electron chi connectivity index (χ3n) is 2.91. The number of hydrogen-bond donors (Lipinski definition) is 2. The zero-order valence-corrected chi connectivity index (χ0v) is 7.71. The Morgan fingerprint density at radius 1 is 1.00 bits per heavy atom. The Balaban J connectivity index is 2.18. The third kappa shape index (κ3) is 3.11. The van der Waals surface area contributed by atoms with Gasteiger partial charge in [-0.3, -0.25) is 0 Å². The van der Waals surface area contributed by atoms with Gasteiger partial charge in [0.15, 0.2) is 0 Å². The summed E-state index contributed by atoms with van der Waals surface area (Å²) >= 11 is 0. The summed E-state index contributed by atoms with van der Waals surface area (Å²) in [4.78, 5) is 0. The molecule has 1 aliphatic rings. The van der Waals surface area contributed by atoms with Crippen LogP contribution in [-0.4, -0.2) is 23.4 Å². The van der Waals surface area contributed by atoms with Crippen LogP contribution in [0.3, 0.4) is 0 Å². The Morgan fingerprint density at radius 3 is 2.08 bits per heavy atom. The summed E-state index contributed by atoms with van der Waals surface area (Å²) in [5, 5.41) is 17.8. The highest BCUT2D eigenvalue weighted by Gasteiger charge is 2.17. The van der Waals surface area contributed by atoms with Crippen LogP contribution < -0.4 is 0 Å². The minimum atomic E-state index is 0.132. The van der Waals surface area contributed by atoms with E-state index in [1.807, 2.05) is 0 Å². The molecule has 0 unspecified atom stereocenters. The number of rotatable bonds is 4. The number of aliphatic hydroxyl groups is 2. The van der Waals surface area contributed by atoms with Crippen molar-refractivity contribution in [2.24, 2.45) is 11.8 Å². The molecule has 0 heterocycles. The summed E-state index contributed by atoms with van der Waals surface area (Å²) in [6, 6.07) is 0. The Labute approximate surface area is 74.6 Å². The third-order valence-corrected chi connectivity index (χ3v) is 2.91. The van der Waals surface area contributed by atoms with Gasteiger partial charge in [-0.25, -0.2) is 0 Å². The fourth-order valence-electron chi connectivity index (χ4n) is 2.10. The summed E-state index contributed by atoms with van der Waals surface area (Å²) in [5.74, 6) is 0.899. The largest absolute Gasteiger partial charge is 0.396 e. The van der Waals surface area contributed by atoms with Crippen LogP contribution in [0.2, 0.25) is 0 Å². The smallest absolute Gasteiger partial charge is 0.0481 e. The average Bonchev–Trinajstić information content (AvgIpc) is 2.16. The van der Waals surface area contributed by atoms with Gasteiger partial charge in [-0.2, -0.15) is 0 Å². The summed E-state index contributed by atoms with van der Waals surface area (Å²) in [6.07, 6.45) is 7.68. The molecule has 0 aliphatic heterocycles. The van der Waals surface area contributed by atoms with Gasteiger partial charge in [-0.15, -0.1) is 0 Å². The van der Waals surface area contributed by atoms with E-state index in [1.54, 1.807) is 0 Å². The maximum atomic E-state index is 8.90. The monoisotopic (exact) mass is 172 g/mol. The van der Waals surface area contributed by atoms with E-state index in [4.69, 9.17) is 10.2 Å². The summed E-state index contributed by atoms with van der Waals surface area (Å²) in [5.41, 5.74) is 0. The molecule has 0 bridgehead atoms. The highest BCUT2D eigenvalue weighted by Crippen LogP contribution is 2.28. The van der Waals surface area contributed by atoms with Crippen LogP contribution in [0.25, 0.3) is 0 Å². The molecule has 1 saturated carbocycles. The fraction of sp³-hybridized carbons (Fsp3) is 1.00. The van der Waals surface area contributed by atoms with Crippen LogP contribution in [0.15, 0.2) is 0 Å². The van der Waals surface area contributed by atoms with Crippen molar-refractivity contribution >= 4 is 0 Å². The molecule has 2 N–H and O–H groups in total. The normalized spacial score (nSPS) is 20.2. The Hall–Kier alpha value is -0.0800. The zero-order chi connectivity index (χ0) is 8.81. The van der Waals surface area contributed by atoms with E-state index in [1.165, 1.54) is 32.1 Å². The van der Waals surface area contributed by atoms with Crippen LogP contribution in [0.4, 0.5) is 0 Å². The Morgan fingerprint density at radius 2 is 1.58 bits per heavy atom. The summed E-state index contributed by atoms with van der Waals surface area (Å²) < 4.78 is 0. The molecule has 0 aromatic rings. The lowest BCUT2D eigenvalue weighted by atomic mass is 9.83. The van der Waals surface area contributed by atoms with Gasteiger partial charge in [0.25, 0.3) is 0 Å². The highest BCUT2D eigenvalue weighted by atomic mass is 16.3. The lowest BCUT2D eigenvalue weighted by molar-refractivity contribution is 0.122. The van der Waals surface area contributed by atoms with Gasteiger partial charge in [-0.05, 0) is 12.3 Å². The predicted octanol–water partition coefficient (Wildman–Crippen LogP) is 1.56. The molecule has 0 aromatic heterocycles. The molecule has 1 fully saturated rings. The van der Waals surface area contributed by atoms with Gasteiger partial charge in [0.05, 0.1) is 0 Å². The first-order valence-electron chi connectivity index (χ1n) is 5.08. The van der Waals surface area contributed by atoms with E-state index < -0.39 is 0 Å². The zero-order valence-electron chi connectivity index (χ0n) is 7.71. The molecule has 0 radical (unpaired) electrons. The van der Waals surface area contributed by atoms with Crippen molar-refractivity contribution in [3.05, 3.63) is 0 Å². The summed E-state index contributed by atoms with van der Waals surface area (Å²) in [7, 11) is 0. The SMILES string of the molecule is OCC(CO)CC1CCCCC1. The van der Waals surface area contributed by atoms with Gasteiger partial charge >= 0.3 is 0 Å². The molecule has 2 nitrogen and oxygen atoms in total. The van der Waals surface area contributed by atoms with Crippen molar-refractivity contribution in [2.45, 2.75) is 38.5 Å². The first kappa shape index (κ1) is 10.0. The molecule has 1 aliphatic carbocycles. The van der Waals surface area contributed by atoms with E-state index in [-0.39, 0.29) is 19.1 Å². The van der Waals surface area contributed by atoms with Crippen molar-refractivity contribution in [3.8, 4) is 0 Å². The van der Waals surface area contributed by atoms with Gasteiger partial charge in [-0.1, -0.05) is 32.1 Å². The van der Waals surface area contributed by atoms with Crippen LogP contribution in [0.1, 0.15) is 38.5 Å². The molecule has 12 heavy (non-hydrogen) atoms. The minimum Gasteiger partial charge on any atom is -0.396 e. The molecule has 2 heteroatoms. The van der Waals surface area contributed by atoms with Crippen LogP contribution in [0, 0.1) is 11.8 Å². The lowest BCUT2D eigenvalue weighted by Gasteiger charge is -2.24. The molecule has 0 spiro atoms. The van der Waals surface area contributed by atoms with E-state index >= 15 is 0 Å². The second-order valence-corrected chi connectivity index (χ2v) is 3.97. The molecular formula is C10H20O2. The maximum Gasteiger partial charge on any atom is 0.0481 e. The molecule has 72 valence electrons. The lowest BCUT2D eigenvalue weighted by Crippen LogP contribution is -2.17. The van der Waals surface area contributed by atoms with Crippen LogP contribution >= 0.6 is 0 Å². The quantitative estimate of drug-likeness (QED) is 0.675. The van der Waals surface area contributed by atoms with Gasteiger partial charge < -0.3 is 10.2 Å². The van der Waals surface area contributed by atoms with E-state index in [0.29, 0.717) is 0 Å². The van der Waals surface area contributed by atoms with Crippen LogP contribution in [0.5, 0.6) is 0 Å². The topological polar surface area (TPSA) is 40.5 Å². The maximum absolute atomic E-state index is 8.90. The van der Waals surface area contributed by atoms with Crippen LogP contribution in [-0.2, 0) is 0 Å². The first-order valence-corrected chi connectivity index (χ1v) is 5.08. The number of hydrogen-bond acceptors (Lipinski definition) is 2. The van der Waals surface area contributed by atoms with Crippen molar-refractivity contribution in [2.75, 3.05) is 13.2 Å². The molecular weight excluding hydrogens is 152 g/mol. The van der Waals surface area contributed by atoms with Gasteiger partial charge in [0.2, 0.25) is 0 Å². The van der Waals surface area contributed by atoms with Gasteiger partial charge in [0.1, 0.15) is 0 Å².